The van der Waals surface area contributed by atoms with Crippen LogP contribution in [0.15, 0.2) is 30.4 Å². The van der Waals surface area contributed by atoms with Crippen molar-refractivity contribution >= 4 is 17.6 Å². The molecule has 5 nitrogen and oxygen atoms in total. The summed E-state index contributed by atoms with van der Waals surface area (Å²) >= 11 is 6.19. The molecule has 1 saturated heterocycles. The second-order valence-electron chi connectivity index (χ2n) is 12.0. The van der Waals surface area contributed by atoms with Crippen LogP contribution in [0, 0.1) is 28.6 Å². The zero-order valence-corrected chi connectivity index (χ0v) is 22.8. The van der Waals surface area contributed by atoms with E-state index in [9.17, 15) is 4.79 Å². The van der Waals surface area contributed by atoms with Crippen LogP contribution < -0.4 is 4.74 Å². The van der Waals surface area contributed by atoms with E-state index in [1.54, 1.807) is 18.2 Å². The molecule has 1 aromatic rings. The third-order valence-corrected chi connectivity index (χ3v) is 10.2. The monoisotopic (exact) mass is 516 g/mol. The Labute approximate surface area is 220 Å². The largest absolute Gasteiger partial charge is 0.493 e. The second kappa shape index (κ2) is 10.3. The van der Waals surface area contributed by atoms with E-state index < -0.39 is 5.97 Å². The molecule has 0 N–H and O–H groups in total. The lowest BCUT2D eigenvalue weighted by atomic mass is 9.46. The maximum atomic E-state index is 12.2. The number of esters is 1. The molecule has 1 aliphatic heterocycles. The van der Waals surface area contributed by atoms with Crippen molar-refractivity contribution in [3.8, 4) is 5.75 Å². The summed E-state index contributed by atoms with van der Waals surface area (Å²) in [6.07, 6.45) is 10.6. The van der Waals surface area contributed by atoms with Gasteiger partial charge in [-0.3, -0.25) is 0 Å². The molecule has 6 atom stereocenters. The minimum atomic E-state index is -0.421. The molecule has 3 aliphatic carbocycles. The highest BCUT2D eigenvalue weighted by Gasteiger charge is 2.60. The molecule has 0 aromatic heterocycles. The predicted octanol–water partition coefficient (Wildman–Crippen LogP) is 7.22. The molecule has 0 amide bonds. The van der Waals surface area contributed by atoms with Gasteiger partial charge in [0.1, 0.15) is 11.3 Å². The standard InChI is InChI=1S/C30H41ClO5/c1-19-9-12-25-29(2,15-13-26-30(25,3)18-35-28(36-26)20-7-5-6-8-20)23(19)14-16-34-24-17-21(31)10-11-22(24)27(32)33-4/h10-11,17,20,23,25-26,28H,1,5-9,12-16,18H2,2-4H3/t23-,25?,26-,28-,29+,30+/m1/s1. The Morgan fingerprint density at radius 2 is 1.94 bits per heavy atom. The van der Waals surface area contributed by atoms with Crippen LogP contribution in [-0.2, 0) is 14.2 Å². The fourth-order valence-corrected chi connectivity index (χ4v) is 8.20. The van der Waals surface area contributed by atoms with Crippen LogP contribution in [0.1, 0.15) is 82.0 Å². The van der Waals surface area contributed by atoms with Crippen LogP contribution in [0.4, 0.5) is 0 Å². The summed E-state index contributed by atoms with van der Waals surface area (Å²) in [6.45, 7) is 10.7. The molecule has 5 rings (SSSR count). The fraction of sp³-hybridized carbons (Fsp3) is 0.700. The molecular formula is C30H41ClO5. The zero-order chi connectivity index (χ0) is 25.5. The number of fused-ring (bicyclic) bond motifs is 3. The average molecular weight is 517 g/mol. The van der Waals surface area contributed by atoms with Crippen molar-refractivity contribution in [1.29, 1.82) is 0 Å². The summed E-state index contributed by atoms with van der Waals surface area (Å²) < 4.78 is 24.2. The molecule has 4 aliphatic rings. The molecule has 0 spiro atoms. The van der Waals surface area contributed by atoms with Gasteiger partial charge in [0, 0.05) is 16.4 Å². The van der Waals surface area contributed by atoms with Crippen molar-refractivity contribution in [2.24, 2.45) is 28.6 Å². The first kappa shape index (κ1) is 26.1. The van der Waals surface area contributed by atoms with Crippen LogP contribution in [0.3, 0.4) is 0 Å². The number of hydrogen-bond acceptors (Lipinski definition) is 5. The quantitative estimate of drug-likeness (QED) is 0.295. The predicted molar refractivity (Wildman–Crippen MR) is 140 cm³/mol. The SMILES string of the molecule is C=C1CCC2[C@]3(C)CO[C@@H](C4CCCC4)O[C@@H]3CC[C@@]2(C)[C@@H]1CCOc1cc(Cl)ccc1C(=O)OC. The first-order valence-corrected chi connectivity index (χ1v) is 14.1. The van der Waals surface area contributed by atoms with Gasteiger partial charge in [0.25, 0.3) is 0 Å². The molecule has 6 heteroatoms. The Morgan fingerprint density at radius 3 is 2.69 bits per heavy atom. The molecule has 1 aromatic carbocycles. The molecule has 4 fully saturated rings. The second-order valence-corrected chi connectivity index (χ2v) is 12.4. The third-order valence-electron chi connectivity index (χ3n) is 9.97. The van der Waals surface area contributed by atoms with Crippen molar-refractivity contribution in [2.75, 3.05) is 20.3 Å². The van der Waals surface area contributed by atoms with Crippen molar-refractivity contribution < 1.29 is 23.7 Å². The number of ether oxygens (including phenoxy) is 4. The lowest BCUT2D eigenvalue weighted by molar-refractivity contribution is -0.316. The molecule has 1 unspecified atom stereocenters. The van der Waals surface area contributed by atoms with E-state index in [2.05, 4.69) is 20.4 Å². The summed E-state index contributed by atoms with van der Waals surface area (Å²) in [6, 6.07) is 5.03. The summed E-state index contributed by atoms with van der Waals surface area (Å²) in [7, 11) is 1.37. The maximum Gasteiger partial charge on any atom is 0.341 e. The van der Waals surface area contributed by atoms with Gasteiger partial charge in [-0.15, -0.1) is 0 Å². The first-order chi connectivity index (χ1) is 17.3. The van der Waals surface area contributed by atoms with Gasteiger partial charge in [-0.05, 0) is 80.4 Å². The highest BCUT2D eigenvalue weighted by atomic mass is 35.5. The summed E-state index contributed by atoms with van der Waals surface area (Å²) in [5.74, 6) is 1.48. The number of carbonyl (C=O) groups excluding carboxylic acids is 1. The molecule has 198 valence electrons. The molecule has 1 heterocycles. The Balaban J connectivity index is 1.29. The maximum absolute atomic E-state index is 12.2. The van der Waals surface area contributed by atoms with E-state index in [0.29, 0.717) is 40.7 Å². The lowest BCUT2D eigenvalue weighted by Crippen LogP contribution is -2.62. The van der Waals surface area contributed by atoms with Crippen molar-refractivity contribution in [3.05, 3.63) is 40.9 Å². The smallest absolute Gasteiger partial charge is 0.341 e. The Hall–Kier alpha value is -1.56. The Bertz CT molecular complexity index is 988. The van der Waals surface area contributed by atoms with Gasteiger partial charge >= 0.3 is 5.97 Å². The summed E-state index contributed by atoms with van der Waals surface area (Å²) in [4.78, 5) is 12.2. The van der Waals surface area contributed by atoms with Crippen molar-refractivity contribution in [3.63, 3.8) is 0 Å². The number of allylic oxidation sites excluding steroid dienone is 1. The number of carbonyl (C=O) groups is 1. The fourth-order valence-electron chi connectivity index (χ4n) is 8.04. The highest BCUT2D eigenvalue weighted by Crippen LogP contribution is 2.63. The van der Waals surface area contributed by atoms with Crippen LogP contribution in [-0.4, -0.2) is 38.7 Å². The van der Waals surface area contributed by atoms with E-state index in [0.717, 1.165) is 38.7 Å². The third kappa shape index (κ3) is 4.61. The van der Waals surface area contributed by atoms with Crippen LogP contribution in [0.2, 0.25) is 5.02 Å². The van der Waals surface area contributed by atoms with Crippen LogP contribution >= 0.6 is 11.6 Å². The number of halogens is 1. The minimum Gasteiger partial charge on any atom is -0.493 e. The number of benzene rings is 1. The summed E-state index contributed by atoms with van der Waals surface area (Å²) in [5.41, 5.74) is 1.86. The van der Waals surface area contributed by atoms with E-state index in [1.165, 1.54) is 38.4 Å². The number of rotatable bonds is 6. The van der Waals surface area contributed by atoms with Crippen LogP contribution in [0.5, 0.6) is 5.75 Å². The summed E-state index contributed by atoms with van der Waals surface area (Å²) in [5, 5.41) is 0.534. The zero-order valence-electron chi connectivity index (χ0n) is 22.0. The van der Waals surface area contributed by atoms with E-state index >= 15 is 0 Å². The van der Waals surface area contributed by atoms with Gasteiger partial charge in [-0.2, -0.15) is 0 Å². The van der Waals surface area contributed by atoms with E-state index in [1.807, 2.05) is 0 Å². The topological polar surface area (TPSA) is 54.0 Å². The van der Waals surface area contributed by atoms with Crippen LogP contribution in [0.25, 0.3) is 0 Å². The molecule has 0 bridgehead atoms. The molecule has 3 saturated carbocycles. The van der Waals surface area contributed by atoms with Gasteiger partial charge in [0.15, 0.2) is 6.29 Å². The normalized spacial score (nSPS) is 36.7. The highest BCUT2D eigenvalue weighted by molar-refractivity contribution is 6.30. The van der Waals surface area contributed by atoms with Gasteiger partial charge in [0.2, 0.25) is 0 Å². The van der Waals surface area contributed by atoms with Gasteiger partial charge < -0.3 is 18.9 Å². The van der Waals surface area contributed by atoms with Crippen molar-refractivity contribution in [1.82, 2.24) is 0 Å². The van der Waals surface area contributed by atoms with Gasteiger partial charge in [-0.25, -0.2) is 4.79 Å². The van der Waals surface area contributed by atoms with E-state index in [4.69, 9.17) is 30.5 Å². The van der Waals surface area contributed by atoms with Gasteiger partial charge in [-0.1, -0.05) is 50.4 Å². The average Bonchev–Trinajstić information content (AvgIpc) is 3.40. The van der Waals surface area contributed by atoms with E-state index in [-0.39, 0.29) is 23.2 Å². The van der Waals surface area contributed by atoms with Gasteiger partial charge in [0.05, 0.1) is 26.4 Å². The lowest BCUT2D eigenvalue weighted by Gasteiger charge is -2.63. The minimum absolute atomic E-state index is 0.0145. The van der Waals surface area contributed by atoms with Crippen molar-refractivity contribution in [2.45, 2.75) is 84.0 Å². The number of hydrogen-bond donors (Lipinski definition) is 0. The number of methoxy groups -OCH3 is 1. The Kier molecular flexibility index (Phi) is 7.46. The first-order valence-electron chi connectivity index (χ1n) is 13.7. The molecule has 0 radical (unpaired) electrons. The Morgan fingerprint density at radius 1 is 1.17 bits per heavy atom. The molecular weight excluding hydrogens is 476 g/mol. The molecule has 36 heavy (non-hydrogen) atoms.